The van der Waals surface area contributed by atoms with Gasteiger partial charge in [-0.25, -0.2) is 9.67 Å². The number of aryl methyl sites for hydroxylation is 1. The number of aromatic nitrogens is 6. The fourth-order valence-electron chi connectivity index (χ4n) is 2.71. The van der Waals surface area contributed by atoms with Gasteiger partial charge in [0, 0.05) is 23.1 Å². The fourth-order valence-corrected chi connectivity index (χ4v) is 3.07. The predicted octanol–water partition coefficient (Wildman–Crippen LogP) is 2.16. The average Bonchev–Trinajstić information content (AvgIpc) is 3.23. The minimum absolute atomic E-state index is 0.149. The van der Waals surface area contributed by atoms with Gasteiger partial charge in [0.25, 0.3) is 5.56 Å². The maximum Gasteiger partial charge on any atom is 0.261 e. The molecule has 4 rings (SSSR count). The summed E-state index contributed by atoms with van der Waals surface area (Å²) in [6.07, 6.45) is 3.10. The third-order valence-electron chi connectivity index (χ3n) is 4.13. The number of carbonyl (C=O) groups excluding carboxylic acids is 1. The van der Waals surface area contributed by atoms with Crippen molar-refractivity contribution >= 4 is 38.4 Å². The maximum atomic E-state index is 12.6. The molecule has 0 atom stereocenters. The second-order valence-corrected chi connectivity index (χ2v) is 6.92. The van der Waals surface area contributed by atoms with Crippen molar-refractivity contribution in [2.24, 2.45) is 0 Å². The summed E-state index contributed by atoms with van der Waals surface area (Å²) in [7, 11) is 0. The van der Waals surface area contributed by atoms with E-state index in [9.17, 15) is 9.59 Å². The lowest BCUT2D eigenvalue weighted by Crippen LogP contribution is -2.23. The van der Waals surface area contributed by atoms with Gasteiger partial charge in [0.2, 0.25) is 5.91 Å². The van der Waals surface area contributed by atoms with Crippen LogP contribution in [0.5, 0.6) is 0 Å². The normalized spacial score (nSPS) is 10.9. The molecule has 2 heterocycles. The number of benzene rings is 2. The molecular formula is C18H14BrN7O2. The molecule has 2 aromatic heterocycles. The lowest BCUT2D eigenvalue weighted by atomic mass is 10.2. The van der Waals surface area contributed by atoms with Crippen LogP contribution in [0.25, 0.3) is 16.6 Å². The molecule has 28 heavy (non-hydrogen) atoms. The van der Waals surface area contributed by atoms with E-state index in [1.807, 2.05) is 6.07 Å². The van der Waals surface area contributed by atoms with Gasteiger partial charge in [-0.1, -0.05) is 15.9 Å². The molecule has 1 amide bonds. The van der Waals surface area contributed by atoms with Gasteiger partial charge in [0.15, 0.2) is 0 Å². The van der Waals surface area contributed by atoms with Gasteiger partial charge in [-0.2, -0.15) is 0 Å². The zero-order valence-corrected chi connectivity index (χ0v) is 16.1. The Labute approximate surface area is 167 Å². The van der Waals surface area contributed by atoms with E-state index < -0.39 is 0 Å². The molecule has 1 N–H and O–H groups in total. The summed E-state index contributed by atoms with van der Waals surface area (Å²) in [5, 5.41) is 14.3. The highest BCUT2D eigenvalue weighted by Crippen LogP contribution is 2.15. The Bertz CT molecular complexity index is 1190. The first kappa shape index (κ1) is 18.0. The van der Waals surface area contributed by atoms with Crippen molar-refractivity contribution in [2.45, 2.75) is 13.0 Å². The van der Waals surface area contributed by atoms with Gasteiger partial charge >= 0.3 is 0 Å². The largest absolute Gasteiger partial charge is 0.326 e. The summed E-state index contributed by atoms with van der Waals surface area (Å²) in [5.41, 5.74) is 1.87. The van der Waals surface area contributed by atoms with Gasteiger partial charge in [0.1, 0.15) is 6.33 Å². The zero-order chi connectivity index (χ0) is 19.5. The summed E-state index contributed by atoms with van der Waals surface area (Å²) in [4.78, 5) is 29.1. The van der Waals surface area contributed by atoms with E-state index in [0.29, 0.717) is 16.6 Å². The topological polar surface area (TPSA) is 108 Å². The van der Waals surface area contributed by atoms with Gasteiger partial charge < -0.3 is 5.32 Å². The Kier molecular flexibility index (Phi) is 4.94. The number of halogens is 1. The highest BCUT2D eigenvalue weighted by molar-refractivity contribution is 9.10. The van der Waals surface area contributed by atoms with Crippen molar-refractivity contribution in [3.63, 3.8) is 0 Å². The average molecular weight is 440 g/mol. The van der Waals surface area contributed by atoms with Crippen molar-refractivity contribution in [3.8, 4) is 5.69 Å². The van der Waals surface area contributed by atoms with E-state index >= 15 is 0 Å². The number of anilines is 1. The van der Waals surface area contributed by atoms with Crippen LogP contribution in [-0.4, -0.2) is 35.7 Å². The minimum Gasteiger partial charge on any atom is -0.326 e. The third kappa shape index (κ3) is 3.81. The molecule has 10 heteroatoms. The predicted molar refractivity (Wildman–Crippen MR) is 106 cm³/mol. The van der Waals surface area contributed by atoms with Crippen LogP contribution in [0.15, 0.2) is 64.4 Å². The molecule has 140 valence electrons. The van der Waals surface area contributed by atoms with Crippen molar-refractivity contribution in [1.82, 2.24) is 29.8 Å². The van der Waals surface area contributed by atoms with E-state index in [1.54, 1.807) is 36.4 Å². The second-order valence-electron chi connectivity index (χ2n) is 6.00. The number of hydrogen-bond acceptors (Lipinski definition) is 6. The molecule has 0 radical (unpaired) electrons. The van der Waals surface area contributed by atoms with Gasteiger partial charge in [-0.15, -0.1) is 5.10 Å². The summed E-state index contributed by atoms with van der Waals surface area (Å²) < 4.78 is 3.76. The van der Waals surface area contributed by atoms with Crippen LogP contribution in [0.3, 0.4) is 0 Å². The van der Waals surface area contributed by atoms with Gasteiger partial charge in [-0.3, -0.25) is 14.2 Å². The highest BCUT2D eigenvalue weighted by atomic mass is 79.9. The van der Waals surface area contributed by atoms with Crippen LogP contribution >= 0.6 is 15.9 Å². The van der Waals surface area contributed by atoms with Crippen molar-refractivity contribution in [2.75, 3.05) is 5.32 Å². The molecule has 0 bridgehead atoms. The van der Waals surface area contributed by atoms with E-state index in [-0.39, 0.29) is 24.4 Å². The number of nitrogens with zero attached hydrogens (tertiary/aromatic N) is 6. The molecule has 2 aromatic carbocycles. The minimum atomic E-state index is -0.198. The van der Waals surface area contributed by atoms with Crippen LogP contribution in [0.2, 0.25) is 0 Å². The van der Waals surface area contributed by atoms with Crippen molar-refractivity contribution in [3.05, 3.63) is 69.9 Å². The number of amides is 1. The molecule has 0 saturated heterocycles. The lowest BCUT2D eigenvalue weighted by Gasteiger charge is -2.08. The molecule has 0 aliphatic carbocycles. The number of nitrogens with one attached hydrogen (secondary N) is 1. The smallest absolute Gasteiger partial charge is 0.261 e. The molecule has 0 aliphatic heterocycles. The van der Waals surface area contributed by atoms with E-state index in [4.69, 9.17) is 0 Å². The number of fused-ring (bicyclic) bond motifs is 1. The van der Waals surface area contributed by atoms with Gasteiger partial charge in [-0.05, 0) is 52.9 Å². The van der Waals surface area contributed by atoms with Crippen molar-refractivity contribution < 1.29 is 4.79 Å². The van der Waals surface area contributed by atoms with Crippen LogP contribution in [0.4, 0.5) is 5.69 Å². The first-order valence-electron chi connectivity index (χ1n) is 8.38. The first-order chi connectivity index (χ1) is 13.6. The Morgan fingerprint density at radius 2 is 1.93 bits per heavy atom. The number of carbonyl (C=O) groups is 1. The molecular weight excluding hydrogens is 426 g/mol. The number of rotatable bonds is 5. The molecule has 9 nitrogen and oxygen atoms in total. The lowest BCUT2D eigenvalue weighted by molar-refractivity contribution is -0.116. The quantitative estimate of drug-likeness (QED) is 0.510. The van der Waals surface area contributed by atoms with Crippen LogP contribution < -0.4 is 10.9 Å². The van der Waals surface area contributed by atoms with Crippen molar-refractivity contribution in [1.29, 1.82) is 0 Å². The van der Waals surface area contributed by atoms with Crippen LogP contribution in [0.1, 0.15) is 6.42 Å². The van der Waals surface area contributed by atoms with E-state index in [0.717, 1.165) is 10.2 Å². The molecule has 0 aliphatic rings. The summed E-state index contributed by atoms with van der Waals surface area (Å²) in [5.74, 6) is -0.198. The zero-order valence-electron chi connectivity index (χ0n) is 14.5. The number of tetrazole rings is 1. The second kappa shape index (κ2) is 7.69. The van der Waals surface area contributed by atoms with Gasteiger partial charge in [0.05, 0.1) is 22.9 Å². The molecule has 0 unspecified atom stereocenters. The SMILES string of the molecule is O=C(CCn1cnc2ccc(Br)cc2c1=O)Nc1ccc(-n2cnnn2)cc1. The summed E-state index contributed by atoms with van der Waals surface area (Å²) in [6, 6.07) is 12.4. The Morgan fingerprint density at radius 1 is 1.11 bits per heavy atom. The molecule has 0 saturated carbocycles. The van der Waals surface area contributed by atoms with Crippen LogP contribution in [0, 0.1) is 0 Å². The monoisotopic (exact) mass is 439 g/mol. The molecule has 0 fully saturated rings. The summed E-state index contributed by atoms with van der Waals surface area (Å²) >= 11 is 3.36. The standard InChI is InChI=1S/C18H14BrN7O2/c19-12-1-6-16-15(9-12)18(28)25(10-20-16)8-7-17(27)22-13-2-4-14(5-3-13)26-11-21-23-24-26/h1-6,9-11H,7-8H2,(H,22,27). The Hall–Kier alpha value is -3.40. The Morgan fingerprint density at radius 3 is 2.68 bits per heavy atom. The third-order valence-corrected chi connectivity index (χ3v) is 4.62. The number of hydrogen-bond donors (Lipinski definition) is 1. The molecule has 0 spiro atoms. The molecule has 4 aromatic rings. The fraction of sp³-hybridized carbons (Fsp3) is 0.111. The maximum absolute atomic E-state index is 12.6. The Balaban J connectivity index is 1.41. The van der Waals surface area contributed by atoms with E-state index in [1.165, 1.54) is 21.9 Å². The highest BCUT2D eigenvalue weighted by Gasteiger charge is 2.08. The first-order valence-corrected chi connectivity index (χ1v) is 9.17. The van der Waals surface area contributed by atoms with Crippen LogP contribution in [-0.2, 0) is 11.3 Å². The summed E-state index contributed by atoms with van der Waals surface area (Å²) in [6.45, 7) is 0.239. The van der Waals surface area contributed by atoms with E-state index in [2.05, 4.69) is 41.8 Å².